The van der Waals surface area contributed by atoms with E-state index in [9.17, 15) is 0 Å². The van der Waals surface area contributed by atoms with Crippen molar-refractivity contribution in [3.05, 3.63) is 18.0 Å². The second kappa shape index (κ2) is 2.67. The second-order valence-electron chi connectivity index (χ2n) is 3.55. The maximum Gasteiger partial charge on any atom is 0.178 e. The van der Waals surface area contributed by atoms with Gasteiger partial charge in [-0.1, -0.05) is 0 Å². The van der Waals surface area contributed by atoms with Gasteiger partial charge in [0.1, 0.15) is 5.82 Å². The molecule has 5 heteroatoms. The van der Waals surface area contributed by atoms with Gasteiger partial charge in [0.05, 0.1) is 0 Å². The zero-order valence-corrected chi connectivity index (χ0v) is 8.01. The van der Waals surface area contributed by atoms with Gasteiger partial charge in [-0.05, 0) is 25.5 Å². The fourth-order valence-electron chi connectivity index (χ4n) is 1.60. The van der Waals surface area contributed by atoms with Crippen LogP contribution in [0, 0.1) is 6.92 Å². The largest absolute Gasteiger partial charge is 0.355 e. The van der Waals surface area contributed by atoms with Gasteiger partial charge in [-0.15, -0.1) is 15.3 Å². The lowest BCUT2D eigenvalue weighted by molar-refractivity contribution is 0.602. The van der Waals surface area contributed by atoms with Gasteiger partial charge in [0.2, 0.25) is 0 Å². The smallest absolute Gasteiger partial charge is 0.178 e. The lowest BCUT2D eigenvalue weighted by Gasteiger charge is -2.31. The molecule has 14 heavy (non-hydrogen) atoms. The van der Waals surface area contributed by atoms with Crippen LogP contribution < -0.4 is 4.90 Å². The first kappa shape index (κ1) is 7.73. The number of rotatable bonds is 1. The molecule has 0 spiro atoms. The minimum absolute atomic E-state index is 0.812. The molecule has 2 aromatic heterocycles. The molecule has 2 aromatic rings. The highest BCUT2D eigenvalue weighted by molar-refractivity contribution is 5.46. The average Bonchev–Trinajstić information content (AvgIpc) is 2.45. The summed E-state index contributed by atoms with van der Waals surface area (Å²) in [5.41, 5.74) is 0.812. The summed E-state index contributed by atoms with van der Waals surface area (Å²) in [6.45, 7) is 4.13. The maximum absolute atomic E-state index is 4.47. The fourth-order valence-corrected chi connectivity index (χ4v) is 1.60. The molecular weight excluding hydrogens is 178 g/mol. The standard InChI is InChI=1S/C9H11N5/c1-7-10-11-8-3-4-9(12-14(7)8)13-5-2-6-13/h3-4H,2,5-6H2,1H3. The van der Waals surface area contributed by atoms with Gasteiger partial charge in [0.25, 0.3) is 0 Å². The first-order valence-corrected chi connectivity index (χ1v) is 4.78. The molecule has 0 amide bonds. The van der Waals surface area contributed by atoms with Crippen LogP contribution in [0.25, 0.3) is 5.65 Å². The van der Waals surface area contributed by atoms with E-state index in [1.807, 2.05) is 19.1 Å². The molecule has 0 unspecified atom stereocenters. The first-order chi connectivity index (χ1) is 6.84. The highest BCUT2D eigenvalue weighted by Crippen LogP contribution is 2.17. The number of hydrogen-bond donors (Lipinski definition) is 0. The molecule has 3 heterocycles. The Morgan fingerprint density at radius 2 is 2.07 bits per heavy atom. The Kier molecular flexibility index (Phi) is 1.47. The van der Waals surface area contributed by atoms with Crippen LogP contribution in [0.15, 0.2) is 12.1 Å². The van der Waals surface area contributed by atoms with E-state index in [0.29, 0.717) is 0 Å². The third-order valence-electron chi connectivity index (χ3n) is 2.58. The quantitative estimate of drug-likeness (QED) is 0.660. The summed E-state index contributed by atoms with van der Waals surface area (Å²) in [6.07, 6.45) is 1.26. The predicted octanol–water partition coefficient (Wildman–Crippen LogP) is 0.643. The summed E-state index contributed by atoms with van der Waals surface area (Å²) >= 11 is 0. The Bertz CT molecular complexity index is 471. The van der Waals surface area contributed by atoms with Crippen LogP contribution in [-0.2, 0) is 0 Å². The molecule has 5 nitrogen and oxygen atoms in total. The Hall–Kier alpha value is -1.65. The van der Waals surface area contributed by atoms with Crippen molar-refractivity contribution in [2.45, 2.75) is 13.3 Å². The SMILES string of the molecule is Cc1nnc2ccc(N3CCC3)nn12. The van der Waals surface area contributed by atoms with Crippen molar-refractivity contribution in [3.8, 4) is 0 Å². The van der Waals surface area contributed by atoms with E-state index >= 15 is 0 Å². The summed E-state index contributed by atoms with van der Waals surface area (Å²) < 4.78 is 1.79. The van der Waals surface area contributed by atoms with E-state index in [0.717, 1.165) is 30.4 Å². The van der Waals surface area contributed by atoms with Crippen LogP contribution in [0.2, 0.25) is 0 Å². The molecule has 0 radical (unpaired) electrons. The summed E-state index contributed by atoms with van der Waals surface area (Å²) in [5.74, 6) is 1.86. The van der Waals surface area contributed by atoms with Gasteiger partial charge in [0.15, 0.2) is 11.5 Å². The molecule has 0 N–H and O–H groups in total. The molecule has 1 aliphatic heterocycles. The number of aromatic nitrogens is 4. The van der Waals surface area contributed by atoms with E-state index in [1.165, 1.54) is 6.42 Å². The van der Waals surface area contributed by atoms with Gasteiger partial charge in [-0.3, -0.25) is 0 Å². The van der Waals surface area contributed by atoms with Crippen LogP contribution >= 0.6 is 0 Å². The van der Waals surface area contributed by atoms with Crippen molar-refractivity contribution in [3.63, 3.8) is 0 Å². The van der Waals surface area contributed by atoms with Crippen molar-refractivity contribution in [2.24, 2.45) is 0 Å². The number of fused-ring (bicyclic) bond motifs is 1. The molecule has 72 valence electrons. The first-order valence-electron chi connectivity index (χ1n) is 4.78. The van der Waals surface area contributed by atoms with Crippen molar-refractivity contribution in [1.82, 2.24) is 19.8 Å². The molecular formula is C9H11N5. The van der Waals surface area contributed by atoms with Gasteiger partial charge in [-0.2, -0.15) is 4.52 Å². The summed E-state index contributed by atoms with van der Waals surface area (Å²) in [5, 5.41) is 12.4. The zero-order valence-electron chi connectivity index (χ0n) is 8.01. The number of nitrogens with zero attached hydrogens (tertiary/aromatic N) is 5. The van der Waals surface area contributed by atoms with E-state index in [1.54, 1.807) is 4.52 Å². The molecule has 3 rings (SSSR count). The van der Waals surface area contributed by atoms with Gasteiger partial charge < -0.3 is 4.90 Å². The Balaban J connectivity index is 2.13. The minimum Gasteiger partial charge on any atom is -0.355 e. The predicted molar refractivity (Wildman–Crippen MR) is 52.3 cm³/mol. The molecule has 1 fully saturated rings. The molecule has 1 saturated heterocycles. The van der Waals surface area contributed by atoms with Gasteiger partial charge in [-0.25, -0.2) is 0 Å². The van der Waals surface area contributed by atoms with Crippen LogP contribution in [0.4, 0.5) is 5.82 Å². The fraction of sp³-hybridized carbons (Fsp3) is 0.444. The van der Waals surface area contributed by atoms with Crippen molar-refractivity contribution in [2.75, 3.05) is 18.0 Å². The van der Waals surface area contributed by atoms with E-state index < -0.39 is 0 Å². The molecule has 0 aliphatic carbocycles. The number of aryl methyl sites for hydroxylation is 1. The maximum atomic E-state index is 4.47. The molecule has 0 atom stereocenters. The Morgan fingerprint density at radius 3 is 2.79 bits per heavy atom. The molecule has 1 aliphatic rings. The van der Waals surface area contributed by atoms with Crippen LogP contribution in [0.1, 0.15) is 12.2 Å². The topological polar surface area (TPSA) is 46.3 Å². The third-order valence-corrected chi connectivity index (χ3v) is 2.58. The van der Waals surface area contributed by atoms with E-state index in [-0.39, 0.29) is 0 Å². The minimum atomic E-state index is 0.812. The molecule has 0 aromatic carbocycles. The highest BCUT2D eigenvalue weighted by Gasteiger charge is 2.16. The van der Waals surface area contributed by atoms with Crippen molar-refractivity contribution < 1.29 is 0 Å². The lowest BCUT2D eigenvalue weighted by atomic mass is 10.2. The van der Waals surface area contributed by atoms with Crippen LogP contribution in [0.3, 0.4) is 0 Å². The normalized spacial score (nSPS) is 15.9. The monoisotopic (exact) mass is 189 g/mol. The Morgan fingerprint density at radius 1 is 1.21 bits per heavy atom. The lowest BCUT2D eigenvalue weighted by Crippen LogP contribution is -2.37. The van der Waals surface area contributed by atoms with Crippen molar-refractivity contribution >= 4 is 11.5 Å². The zero-order chi connectivity index (χ0) is 9.54. The number of hydrogen-bond acceptors (Lipinski definition) is 4. The molecule has 0 saturated carbocycles. The molecule has 0 bridgehead atoms. The highest BCUT2D eigenvalue weighted by atomic mass is 15.4. The number of anilines is 1. The van der Waals surface area contributed by atoms with Crippen LogP contribution in [0.5, 0.6) is 0 Å². The summed E-state index contributed by atoms with van der Waals surface area (Å²) in [6, 6.07) is 3.96. The third kappa shape index (κ3) is 0.982. The van der Waals surface area contributed by atoms with Crippen LogP contribution in [-0.4, -0.2) is 32.9 Å². The van der Waals surface area contributed by atoms with E-state index in [2.05, 4.69) is 20.2 Å². The summed E-state index contributed by atoms with van der Waals surface area (Å²) in [4.78, 5) is 2.25. The summed E-state index contributed by atoms with van der Waals surface area (Å²) in [7, 11) is 0. The second-order valence-corrected chi connectivity index (χ2v) is 3.55. The van der Waals surface area contributed by atoms with Gasteiger partial charge >= 0.3 is 0 Å². The Labute approximate surface area is 81.4 Å². The van der Waals surface area contributed by atoms with Gasteiger partial charge in [0, 0.05) is 13.1 Å². The van der Waals surface area contributed by atoms with E-state index in [4.69, 9.17) is 0 Å². The average molecular weight is 189 g/mol. The van der Waals surface area contributed by atoms with Crippen molar-refractivity contribution in [1.29, 1.82) is 0 Å².